The molecule has 8 nitrogen and oxygen atoms in total. The topological polar surface area (TPSA) is 86.2 Å². The van der Waals surface area contributed by atoms with Gasteiger partial charge in [0.15, 0.2) is 0 Å². The number of ether oxygens (including phenoxy) is 1. The quantitative estimate of drug-likeness (QED) is 0.458. The summed E-state index contributed by atoms with van der Waals surface area (Å²) < 4.78 is 47.2. The van der Waals surface area contributed by atoms with E-state index in [0.717, 1.165) is 67.3 Å². The zero-order chi connectivity index (χ0) is 30.9. The molecule has 1 spiro atoms. The molecule has 0 unspecified atom stereocenters. The SMILES string of the molecule is CCc1nc(N2CCC3(CC2)CC(CCN(C)C(=O)[C@](O)(c2cccc(OC)c2)C(F)(F)F)C3)ccc1C(=O)N(C)C. The first-order chi connectivity index (χ1) is 19.7. The molecule has 1 saturated carbocycles. The lowest BCUT2D eigenvalue weighted by Gasteiger charge is -2.53. The van der Waals surface area contributed by atoms with Gasteiger partial charge in [0, 0.05) is 46.3 Å². The van der Waals surface area contributed by atoms with Crippen molar-refractivity contribution in [3.63, 3.8) is 0 Å². The lowest BCUT2D eigenvalue weighted by molar-refractivity contribution is -0.261. The van der Waals surface area contributed by atoms with E-state index < -0.39 is 23.2 Å². The Morgan fingerprint density at radius 2 is 1.79 bits per heavy atom. The number of carbonyl (C=O) groups is 2. The summed E-state index contributed by atoms with van der Waals surface area (Å²) in [5.41, 5.74) is -2.61. The van der Waals surface area contributed by atoms with E-state index in [2.05, 4.69) is 4.90 Å². The fourth-order valence-corrected chi connectivity index (χ4v) is 6.37. The van der Waals surface area contributed by atoms with Crippen LogP contribution in [0.4, 0.5) is 19.0 Å². The third-order valence-electron chi connectivity index (χ3n) is 8.95. The second-order valence-electron chi connectivity index (χ2n) is 11.9. The summed E-state index contributed by atoms with van der Waals surface area (Å²) in [6.45, 7) is 3.81. The Morgan fingerprint density at radius 3 is 2.36 bits per heavy atom. The number of rotatable bonds is 9. The first kappa shape index (κ1) is 31.6. The minimum atomic E-state index is -5.20. The molecule has 42 heavy (non-hydrogen) atoms. The summed E-state index contributed by atoms with van der Waals surface area (Å²) in [7, 11) is 6.07. The van der Waals surface area contributed by atoms with Gasteiger partial charge in [-0.1, -0.05) is 19.1 Å². The number of hydrogen-bond donors (Lipinski definition) is 1. The zero-order valence-electron chi connectivity index (χ0n) is 25.0. The number of hydrogen-bond acceptors (Lipinski definition) is 6. The number of piperidine rings is 1. The average Bonchev–Trinajstić information content (AvgIpc) is 2.96. The van der Waals surface area contributed by atoms with Crippen LogP contribution in [0, 0.1) is 11.3 Å². The largest absolute Gasteiger partial charge is 0.497 e. The normalized spacial score (nSPS) is 18.3. The summed E-state index contributed by atoms with van der Waals surface area (Å²) in [4.78, 5) is 35.1. The minimum Gasteiger partial charge on any atom is -0.497 e. The predicted molar refractivity (Wildman–Crippen MR) is 153 cm³/mol. The third-order valence-corrected chi connectivity index (χ3v) is 8.95. The number of likely N-dealkylation sites (N-methyl/N-ethyl adjacent to an activating group) is 1. The van der Waals surface area contributed by atoms with Crippen LogP contribution in [0.1, 0.15) is 60.6 Å². The van der Waals surface area contributed by atoms with Crippen LogP contribution in [0.3, 0.4) is 0 Å². The molecule has 2 heterocycles. The van der Waals surface area contributed by atoms with Crippen molar-refractivity contribution >= 4 is 17.6 Å². The molecule has 11 heteroatoms. The zero-order valence-corrected chi connectivity index (χ0v) is 25.0. The first-order valence-electron chi connectivity index (χ1n) is 14.4. The fraction of sp³-hybridized carbons (Fsp3) is 0.581. The van der Waals surface area contributed by atoms with E-state index in [4.69, 9.17) is 9.72 Å². The van der Waals surface area contributed by atoms with Gasteiger partial charge in [-0.3, -0.25) is 9.59 Å². The first-order valence-corrected chi connectivity index (χ1v) is 14.4. The van der Waals surface area contributed by atoms with Gasteiger partial charge >= 0.3 is 6.18 Å². The highest BCUT2D eigenvalue weighted by Crippen LogP contribution is 2.54. The molecule has 230 valence electrons. The van der Waals surface area contributed by atoms with Crippen molar-refractivity contribution in [2.45, 2.75) is 57.2 Å². The van der Waals surface area contributed by atoms with Crippen molar-refractivity contribution in [1.82, 2.24) is 14.8 Å². The minimum absolute atomic E-state index is 0.0558. The number of benzene rings is 1. The predicted octanol–water partition coefficient (Wildman–Crippen LogP) is 4.65. The number of aliphatic hydroxyl groups is 1. The van der Waals surface area contributed by atoms with Gasteiger partial charge in [0.2, 0.25) is 0 Å². The van der Waals surface area contributed by atoms with Crippen LogP contribution in [-0.4, -0.2) is 85.8 Å². The van der Waals surface area contributed by atoms with Crippen molar-refractivity contribution in [2.24, 2.45) is 11.3 Å². The molecule has 2 amide bonds. The number of pyridine rings is 1. The highest BCUT2D eigenvalue weighted by Gasteiger charge is 2.62. The molecule has 2 aromatic rings. The van der Waals surface area contributed by atoms with Crippen molar-refractivity contribution in [3.05, 3.63) is 53.2 Å². The van der Waals surface area contributed by atoms with Crippen LogP contribution in [0.15, 0.2) is 36.4 Å². The highest BCUT2D eigenvalue weighted by molar-refractivity contribution is 5.95. The molecule has 1 aromatic carbocycles. The molecule has 4 rings (SSSR count). The Hall–Kier alpha value is -3.34. The number of carbonyl (C=O) groups excluding carboxylic acids is 2. The second kappa shape index (κ2) is 12.1. The summed E-state index contributed by atoms with van der Waals surface area (Å²) >= 11 is 0. The number of aromatic nitrogens is 1. The molecular formula is C31H41F3N4O4. The Bertz CT molecular complexity index is 1290. The number of amides is 2. The van der Waals surface area contributed by atoms with Crippen molar-refractivity contribution in [3.8, 4) is 5.75 Å². The summed E-state index contributed by atoms with van der Waals surface area (Å²) in [5, 5.41) is 10.7. The Labute approximate surface area is 245 Å². The van der Waals surface area contributed by atoms with E-state index in [1.54, 1.807) is 19.0 Å². The van der Waals surface area contributed by atoms with Gasteiger partial charge in [-0.05, 0) is 74.1 Å². The van der Waals surface area contributed by atoms with Crippen LogP contribution in [0.2, 0.25) is 0 Å². The number of methoxy groups -OCH3 is 1. The van der Waals surface area contributed by atoms with E-state index >= 15 is 0 Å². The van der Waals surface area contributed by atoms with Crippen LogP contribution < -0.4 is 9.64 Å². The molecule has 0 radical (unpaired) electrons. The lowest BCUT2D eigenvalue weighted by Crippen LogP contribution is -2.55. The van der Waals surface area contributed by atoms with Gasteiger partial charge in [-0.15, -0.1) is 0 Å². The lowest BCUT2D eigenvalue weighted by atomic mass is 9.57. The van der Waals surface area contributed by atoms with E-state index in [0.29, 0.717) is 24.3 Å². The van der Waals surface area contributed by atoms with Gasteiger partial charge in [0.1, 0.15) is 11.6 Å². The monoisotopic (exact) mass is 590 g/mol. The fourth-order valence-electron chi connectivity index (χ4n) is 6.37. The molecule has 0 bridgehead atoms. The number of halogens is 3. The maximum Gasteiger partial charge on any atom is 0.430 e. The molecule has 1 aliphatic carbocycles. The number of anilines is 1. The van der Waals surface area contributed by atoms with Crippen molar-refractivity contribution < 1.29 is 32.6 Å². The van der Waals surface area contributed by atoms with E-state index in [1.165, 1.54) is 26.3 Å². The van der Waals surface area contributed by atoms with Gasteiger partial charge in [0.05, 0.1) is 18.4 Å². The Kier molecular flexibility index (Phi) is 9.11. The smallest absolute Gasteiger partial charge is 0.430 e. The molecule has 1 atom stereocenters. The molecule has 1 N–H and O–H groups in total. The van der Waals surface area contributed by atoms with Gasteiger partial charge in [0.25, 0.3) is 17.4 Å². The van der Waals surface area contributed by atoms with Crippen molar-refractivity contribution in [2.75, 3.05) is 52.8 Å². The standard InChI is InChI=1S/C31H41F3N4O4/c1-6-25-24(27(39)36(2)3)10-11-26(35-25)38-16-13-29(14-17-38)19-21(20-29)12-15-37(4)28(40)30(41,31(32,33)34)22-8-7-9-23(18-22)42-5/h7-11,18,21,41H,6,12-17,19-20H2,1-5H3/t30-/m1/s1. The Balaban J connectivity index is 1.31. The molecular weight excluding hydrogens is 549 g/mol. The van der Waals surface area contributed by atoms with Crippen LogP contribution in [0.25, 0.3) is 0 Å². The average molecular weight is 591 g/mol. The van der Waals surface area contributed by atoms with Crippen LogP contribution in [-0.2, 0) is 16.8 Å². The Morgan fingerprint density at radius 1 is 1.12 bits per heavy atom. The van der Waals surface area contributed by atoms with Crippen LogP contribution >= 0.6 is 0 Å². The maximum atomic E-state index is 14.1. The van der Waals surface area contributed by atoms with Crippen molar-refractivity contribution in [1.29, 1.82) is 0 Å². The number of aryl methyl sites for hydroxylation is 1. The number of alkyl halides is 3. The summed E-state index contributed by atoms with van der Waals surface area (Å²) in [5.74, 6) is -0.151. The van der Waals surface area contributed by atoms with E-state index in [9.17, 15) is 27.9 Å². The highest BCUT2D eigenvalue weighted by atomic mass is 19.4. The third kappa shape index (κ3) is 6.07. The molecule has 1 aliphatic heterocycles. The molecule has 1 saturated heterocycles. The second-order valence-corrected chi connectivity index (χ2v) is 11.9. The van der Waals surface area contributed by atoms with Gasteiger partial charge in [-0.25, -0.2) is 4.98 Å². The van der Waals surface area contributed by atoms with E-state index in [-0.39, 0.29) is 23.6 Å². The van der Waals surface area contributed by atoms with Gasteiger partial charge in [-0.2, -0.15) is 13.2 Å². The van der Waals surface area contributed by atoms with Gasteiger partial charge < -0.3 is 24.5 Å². The maximum absolute atomic E-state index is 14.1. The summed E-state index contributed by atoms with van der Waals surface area (Å²) in [6.07, 6.45) is -0.0545. The van der Waals surface area contributed by atoms with Crippen LogP contribution in [0.5, 0.6) is 5.75 Å². The number of nitrogens with zero attached hydrogens (tertiary/aromatic N) is 4. The molecule has 2 aliphatic rings. The molecule has 2 fully saturated rings. The molecule has 1 aromatic heterocycles. The van der Waals surface area contributed by atoms with E-state index in [1.807, 2.05) is 19.1 Å². The summed E-state index contributed by atoms with van der Waals surface area (Å²) in [6, 6.07) is 8.67.